The van der Waals surface area contributed by atoms with Gasteiger partial charge in [-0.3, -0.25) is 0 Å². The van der Waals surface area contributed by atoms with E-state index in [2.05, 4.69) is 17.9 Å². The zero-order valence-electron chi connectivity index (χ0n) is 7.80. The molecule has 1 saturated heterocycles. The standard InChI is InChI=1S/C5H11NO.C2H6.CH4S/c7-5-1-3-6-4-2-5;2*1-2/h5-7H,1-4H2;1-2H3;2H,1H3. The number of aliphatic hydroxyl groups is 1. The summed E-state index contributed by atoms with van der Waals surface area (Å²) in [6.07, 6.45) is 3.53. The molecule has 0 aromatic carbocycles. The van der Waals surface area contributed by atoms with E-state index >= 15 is 0 Å². The summed E-state index contributed by atoms with van der Waals surface area (Å²) in [4.78, 5) is 0. The molecule has 0 saturated carbocycles. The number of nitrogens with one attached hydrogen (secondary N) is 1. The Morgan fingerprint density at radius 3 is 1.73 bits per heavy atom. The Kier molecular flexibility index (Phi) is 16.2. The lowest BCUT2D eigenvalue weighted by molar-refractivity contribution is 0.137. The minimum atomic E-state index is -0.0266. The van der Waals surface area contributed by atoms with E-state index in [0.717, 1.165) is 25.9 Å². The van der Waals surface area contributed by atoms with Gasteiger partial charge in [0.2, 0.25) is 0 Å². The molecule has 0 aromatic heterocycles. The van der Waals surface area contributed by atoms with Crippen LogP contribution in [0.15, 0.2) is 0 Å². The normalized spacial score (nSPS) is 17.2. The Balaban J connectivity index is 0. The molecular formula is C8H21NOS. The Labute approximate surface area is 75.8 Å². The van der Waals surface area contributed by atoms with Crippen molar-refractivity contribution in [3.05, 3.63) is 0 Å². The predicted octanol–water partition coefficient (Wildman–Crippen LogP) is 1.30. The van der Waals surface area contributed by atoms with Gasteiger partial charge in [-0.05, 0) is 32.2 Å². The summed E-state index contributed by atoms with van der Waals surface area (Å²) in [6, 6.07) is 0. The Morgan fingerprint density at radius 2 is 1.55 bits per heavy atom. The minimum absolute atomic E-state index is 0.0266. The van der Waals surface area contributed by atoms with Crippen molar-refractivity contribution in [1.82, 2.24) is 5.32 Å². The average molecular weight is 179 g/mol. The molecule has 1 aliphatic rings. The zero-order chi connectivity index (χ0) is 9.11. The monoisotopic (exact) mass is 179 g/mol. The van der Waals surface area contributed by atoms with E-state index in [4.69, 9.17) is 5.11 Å². The first-order chi connectivity index (χ1) is 5.39. The fourth-order valence-corrected chi connectivity index (χ4v) is 0.807. The van der Waals surface area contributed by atoms with Crippen LogP contribution >= 0.6 is 12.6 Å². The molecule has 11 heavy (non-hydrogen) atoms. The topological polar surface area (TPSA) is 32.3 Å². The summed E-state index contributed by atoms with van der Waals surface area (Å²) in [5.74, 6) is 0. The van der Waals surface area contributed by atoms with E-state index in [1.807, 2.05) is 13.8 Å². The average Bonchev–Trinajstić information content (AvgIpc) is 2.13. The van der Waals surface area contributed by atoms with Gasteiger partial charge in [-0.2, -0.15) is 12.6 Å². The van der Waals surface area contributed by atoms with Crippen LogP contribution in [0.4, 0.5) is 0 Å². The smallest absolute Gasteiger partial charge is 0.0564 e. The van der Waals surface area contributed by atoms with Gasteiger partial charge in [-0.15, -0.1) is 0 Å². The molecule has 0 aromatic rings. The lowest BCUT2D eigenvalue weighted by Crippen LogP contribution is -2.30. The van der Waals surface area contributed by atoms with Crippen molar-refractivity contribution in [2.75, 3.05) is 19.3 Å². The zero-order valence-corrected chi connectivity index (χ0v) is 8.69. The molecule has 0 amide bonds. The molecule has 0 bridgehead atoms. The minimum Gasteiger partial charge on any atom is -0.393 e. The van der Waals surface area contributed by atoms with Gasteiger partial charge in [-0.1, -0.05) is 13.8 Å². The molecule has 0 aliphatic carbocycles. The number of rotatable bonds is 0. The summed E-state index contributed by atoms with van der Waals surface area (Å²) in [5.41, 5.74) is 0. The van der Waals surface area contributed by atoms with Crippen molar-refractivity contribution in [2.24, 2.45) is 0 Å². The van der Waals surface area contributed by atoms with Gasteiger partial charge in [-0.25, -0.2) is 0 Å². The molecule has 3 heteroatoms. The third-order valence-electron chi connectivity index (χ3n) is 1.31. The highest BCUT2D eigenvalue weighted by molar-refractivity contribution is 7.79. The highest BCUT2D eigenvalue weighted by atomic mass is 32.1. The molecule has 2 nitrogen and oxygen atoms in total. The van der Waals surface area contributed by atoms with Gasteiger partial charge in [0.25, 0.3) is 0 Å². The third-order valence-corrected chi connectivity index (χ3v) is 1.31. The second-order valence-corrected chi connectivity index (χ2v) is 1.98. The maximum atomic E-state index is 8.87. The van der Waals surface area contributed by atoms with E-state index < -0.39 is 0 Å². The highest BCUT2D eigenvalue weighted by Gasteiger charge is 2.06. The Hall–Kier alpha value is 0.270. The molecule has 1 rings (SSSR count). The molecule has 0 radical (unpaired) electrons. The van der Waals surface area contributed by atoms with Gasteiger partial charge in [0.15, 0.2) is 0 Å². The van der Waals surface area contributed by atoms with Crippen LogP contribution in [-0.2, 0) is 0 Å². The van der Waals surface area contributed by atoms with Gasteiger partial charge < -0.3 is 10.4 Å². The van der Waals surface area contributed by atoms with Gasteiger partial charge in [0.1, 0.15) is 0 Å². The number of thiol groups is 1. The summed E-state index contributed by atoms with van der Waals surface area (Å²) in [7, 11) is 0. The quantitative estimate of drug-likeness (QED) is 0.490. The maximum Gasteiger partial charge on any atom is 0.0564 e. The Bertz CT molecular complexity index is 56.1. The lowest BCUT2D eigenvalue weighted by Gasteiger charge is -2.16. The molecule has 2 N–H and O–H groups in total. The Morgan fingerprint density at radius 1 is 1.18 bits per heavy atom. The number of hydrogen-bond donors (Lipinski definition) is 3. The van der Waals surface area contributed by atoms with Crippen LogP contribution < -0.4 is 5.32 Å². The summed E-state index contributed by atoms with van der Waals surface area (Å²) in [6.45, 7) is 5.97. The largest absolute Gasteiger partial charge is 0.393 e. The van der Waals surface area contributed by atoms with Gasteiger partial charge >= 0.3 is 0 Å². The van der Waals surface area contributed by atoms with E-state index in [0.29, 0.717) is 0 Å². The molecule has 1 aliphatic heterocycles. The van der Waals surface area contributed by atoms with Crippen molar-refractivity contribution in [1.29, 1.82) is 0 Å². The van der Waals surface area contributed by atoms with Crippen molar-refractivity contribution in [3.8, 4) is 0 Å². The molecule has 0 atom stereocenters. The highest BCUT2D eigenvalue weighted by Crippen LogP contribution is 1.99. The van der Waals surface area contributed by atoms with Crippen LogP contribution in [-0.4, -0.2) is 30.6 Å². The fourth-order valence-electron chi connectivity index (χ4n) is 0.807. The molecule has 0 spiro atoms. The SMILES string of the molecule is CC.CS.OC1CCNCC1. The van der Waals surface area contributed by atoms with E-state index in [1.54, 1.807) is 6.26 Å². The second-order valence-electron chi connectivity index (χ2n) is 1.98. The van der Waals surface area contributed by atoms with Crippen LogP contribution in [0.25, 0.3) is 0 Å². The van der Waals surface area contributed by atoms with Crippen LogP contribution in [0, 0.1) is 0 Å². The molecule has 1 heterocycles. The van der Waals surface area contributed by atoms with Gasteiger partial charge in [0.05, 0.1) is 6.10 Å². The molecule has 1 fully saturated rings. The molecule has 70 valence electrons. The molecular weight excluding hydrogens is 158 g/mol. The summed E-state index contributed by atoms with van der Waals surface area (Å²) < 4.78 is 0. The maximum absolute atomic E-state index is 8.87. The van der Waals surface area contributed by atoms with E-state index in [1.165, 1.54) is 0 Å². The number of hydrogen-bond acceptors (Lipinski definition) is 3. The first-order valence-electron chi connectivity index (χ1n) is 4.23. The van der Waals surface area contributed by atoms with Crippen molar-refractivity contribution >= 4 is 12.6 Å². The number of piperidine rings is 1. The summed E-state index contributed by atoms with van der Waals surface area (Å²) in [5, 5.41) is 12.0. The second kappa shape index (κ2) is 12.9. The van der Waals surface area contributed by atoms with Crippen LogP contribution in [0.1, 0.15) is 26.7 Å². The van der Waals surface area contributed by atoms with Crippen LogP contribution in [0.2, 0.25) is 0 Å². The van der Waals surface area contributed by atoms with Crippen molar-refractivity contribution in [3.63, 3.8) is 0 Å². The number of aliphatic hydroxyl groups excluding tert-OH is 1. The van der Waals surface area contributed by atoms with Crippen LogP contribution in [0.3, 0.4) is 0 Å². The van der Waals surface area contributed by atoms with Crippen molar-refractivity contribution in [2.45, 2.75) is 32.8 Å². The molecule has 0 unspecified atom stereocenters. The lowest BCUT2D eigenvalue weighted by atomic mass is 10.1. The van der Waals surface area contributed by atoms with E-state index in [9.17, 15) is 0 Å². The first-order valence-corrected chi connectivity index (χ1v) is 5.12. The predicted molar refractivity (Wildman–Crippen MR) is 54.4 cm³/mol. The first kappa shape index (κ1) is 13.8. The van der Waals surface area contributed by atoms with Gasteiger partial charge in [0, 0.05) is 0 Å². The third kappa shape index (κ3) is 10.3. The summed E-state index contributed by atoms with van der Waals surface area (Å²) >= 11 is 3.53. The van der Waals surface area contributed by atoms with Crippen LogP contribution in [0.5, 0.6) is 0 Å². The fraction of sp³-hybridized carbons (Fsp3) is 1.00. The van der Waals surface area contributed by atoms with E-state index in [-0.39, 0.29) is 6.10 Å². The van der Waals surface area contributed by atoms with Crippen molar-refractivity contribution < 1.29 is 5.11 Å².